The third-order valence-corrected chi connectivity index (χ3v) is 2.87. The molecule has 2 heterocycles. The summed E-state index contributed by atoms with van der Waals surface area (Å²) < 4.78 is 6.32. The number of nitrogens with zero attached hydrogens (tertiary/aromatic N) is 2. The third-order valence-electron chi connectivity index (χ3n) is 2.43. The molecule has 0 bridgehead atoms. The van der Waals surface area contributed by atoms with Gasteiger partial charge in [-0.15, -0.1) is 0 Å². The van der Waals surface area contributed by atoms with Gasteiger partial charge in [0, 0.05) is 6.54 Å². The summed E-state index contributed by atoms with van der Waals surface area (Å²) in [5, 5.41) is 3.25. The van der Waals surface area contributed by atoms with E-state index in [2.05, 4.69) is 31.2 Å². The largest absolute Gasteiger partial charge is 0.444 e. The van der Waals surface area contributed by atoms with Gasteiger partial charge in [0.1, 0.15) is 10.4 Å². The predicted octanol–water partition coefficient (Wildman–Crippen LogP) is 2.74. The maximum atomic E-state index is 5.47. The maximum Gasteiger partial charge on any atom is 0.208 e. The van der Waals surface area contributed by atoms with Gasteiger partial charge in [-0.1, -0.05) is 6.07 Å². The minimum atomic E-state index is 0.614. The summed E-state index contributed by atoms with van der Waals surface area (Å²) in [7, 11) is 0. The molecule has 0 saturated carbocycles. The smallest absolute Gasteiger partial charge is 0.208 e. The number of hydrogen-bond acceptors (Lipinski definition) is 4. The van der Waals surface area contributed by atoms with Crippen molar-refractivity contribution in [2.75, 3.05) is 0 Å². The van der Waals surface area contributed by atoms with E-state index in [1.165, 1.54) is 0 Å². The van der Waals surface area contributed by atoms with E-state index in [1.807, 2.05) is 32.0 Å². The first kappa shape index (κ1) is 12.3. The molecule has 0 saturated heterocycles. The maximum absolute atomic E-state index is 5.47. The quantitative estimate of drug-likeness (QED) is 0.881. The van der Waals surface area contributed by atoms with Crippen LogP contribution in [0.3, 0.4) is 0 Å². The number of rotatable bonds is 4. The molecule has 0 aliphatic carbocycles. The second kappa shape index (κ2) is 5.42. The standard InChI is InChI=1S/C12H14BrN3O/c1-8-9(2)17-12(15-8)7-14-6-10-4-3-5-11(13)16-10/h3-5,14H,6-7H2,1-2H3. The zero-order valence-electron chi connectivity index (χ0n) is 9.83. The van der Waals surface area contributed by atoms with Crippen LogP contribution in [0.15, 0.2) is 27.2 Å². The molecule has 2 aromatic heterocycles. The van der Waals surface area contributed by atoms with E-state index in [1.54, 1.807) is 0 Å². The molecule has 0 unspecified atom stereocenters. The monoisotopic (exact) mass is 295 g/mol. The highest BCUT2D eigenvalue weighted by atomic mass is 79.9. The van der Waals surface area contributed by atoms with Crippen LogP contribution in [0.1, 0.15) is 23.0 Å². The fourth-order valence-corrected chi connectivity index (χ4v) is 1.84. The van der Waals surface area contributed by atoms with Crippen molar-refractivity contribution >= 4 is 15.9 Å². The Morgan fingerprint density at radius 2 is 2.06 bits per heavy atom. The highest BCUT2D eigenvalue weighted by Gasteiger charge is 2.04. The average molecular weight is 296 g/mol. The Bertz CT molecular complexity index is 491. The summed E-state index contributed by atoms with van der Waals surface area (Å²) in [4.78, 5) is 8.63. The Hall–Kier alpha value is -1.20. The summed E-state index contributed by atoms with van der Waals surface area (Å²) >= 11 is 3.34. The molecule has 0 amide bonds. The summed E-state index contributed by atoms with van der Waals surface area (Å²) in [6, 6.07) is 5.85. The molecule has 0 fully saturated rings. The van der Waals surface area contributed by atoms with E-state index in [9.17, 15) is 0 Å². The summed E-state index contributed by atoms with van der Waals surface area (Å²) in [6.45, 7) is 5.17. The van der Waals surface area contributed by atoms with Gasteiger partial charge in [0.15, 0.2) is 0 Å². The van der Waals surface area contributed by atoms with Crippen molar-refractivity contribution in [3.8, 4) is 0 Å². The molecule has 0 aliphatic rings. The molecule has 2 rings (SSSR count). The molecular formula is C12H14BrN3O. The van der Waals surface area contributed by atoms with Crippen molar-refractivity contribution in [2.24, 2.45) is 0 Å². The van der Waals surface area contributed by atoms with Crippen molar-refractivity contribution in [1.29, 1.82) is 0 Å². The van der Waals surface area contributed by atoms with Gasteiger partial charge in [-0.05, 0) is 41.9 Å². The molecule has 2 aromatic rings. The first-order valence-electron chi connectivity index (χ1n) is 5.40. The molecule has 0 aromatic carbocycles. The SMILES string of the molecule is Cc1nc(CNCc2cccc(Br)n2)oc1C. The van der Waals surface area contributed by atoms with E-state index in [-0.39, 0.29) is 0 Å². The number of aryl methyl sites for hydroxylation is 2. The molecule has 5 heteroatoms. The van der Waals surface area contributed by atoms with Crippen molar-refractivity contribution in [3.05, 3.63) is 45.8 Å². The van der Waals surface area contributed by atoms with Crippen molar-refractivity contribution < 1.29 is 4.42 Å². The van der Waals surface area contributed by atoms with Gasteiger partial charge >= 0.3 is 0 Å². The van der Waals surface area contributed by atoms with Gasteiger partial charge in [-0.25, -0.2) is 9.97 Å². The zero-order valence-corrected chi connectivity index (χ0v) is 11.4. The number of nitrogens with one attached hydrogen (secondary N) is 1. The number of oxazole rings is 1. The van der Waals surface area contributed by atoms with Crippen LogP contribution in [0.2, 0.25) is 0 Å². The van der Waals surface area contributed by atoms with Crippen LogP contribution in [-0.4, -0.2) is 9.97 Å². The zero-order chi connectivity index (χ0) is 12.3. The molecule has 0 spiro atoms. The summed E-state index contributed by atoms with van der Waals surface area (Å²) in [6.07, 6.45) is 0. The molecule has 0 radical (unpaired) electrons. The van der Waals surface area contributed by atoms with Gasteiger partial charge in [0.25, 0.3) is 0 Å². The first-order chi connectivity index (χ1) is 8.15. The van der Waals surface area contributed by atoms with Gasteiger partial charge in [0.05, 0.1) is 17.9 Å². The van der Waals surface area contributed by atoms with Gasteiger partial charge in [-0.3, -0.25) is 0 Å². The fraction of sp³-hybridized carbons (Fsp3) is 0.333. The average Bonchev–Trinajstić information content (AvgIpc) is 2.58. The number of hydrogen-bond donors (Lipinski definition) is 1. The molecule has 4 nitrogen and oxygen atoms in total. The highest BCUT2D eigenvalue weighted by Crippen LogP contribution is 2.09. The minimum absolute atomic E-state index is 0.614. The molecule has 0 aliphatic heterocycles. The van der Waals surface area contributed by atoms with Gasteiger partial charge in [0.2, 0.25) is 5.89 Å². The van der Waals surface area contributed by atoms with Crippen LogP contribution in [0, 0.1) is 13.8 Å². The van der Waals surface area contributed by atoms with E-state index < -0.39 is 0 Å². The Kier molecular flexibility index (Phi) is 3.91. The Balaban J connectivity index is 1.87. The van der Waals surface area contributed by atoms with E-state index in [4.69, 9.17) is 4.42 Å². The lowest BCUT2D eigenvalue weighted by molar-refractivity contribution is 0.448. The number of halogens is 1. The fourth-order valence-electron chi connectivity index (χ4n) is 1.46. The molecule has 1 N–H and O–H groups in total. The second-order valence-corrected chi connectivity index (χ2v) is 4.62. The molecule has 0 atom stereocenters. The lowest BCUT2D eigenvalue weighted by Gasteiger charge is -2.01. The lowest BCUT2D eigenvalue weighted by Crippen LogP contribution is -2.13. The Labute approximate surface area is 109 Å². The van der Waals surface area contributed by atoms with E-state index in [0.717, 1.165) is 27.6 Å². The molecular weight excluding hydrogens is 282 g/mol. The number of aromatic nitrogens is 2. The highest BCUT2D eigenvalue weighted by molar-refractivity contribution is 9.10. The lowest BCUT2D eigenvalue weighted by atomic mass is 10.3. The van der Waals surface area contributed by atoms with Crippen LogP contribution in [0.4, 0.5) is 0 Å². The van der Waals surface area contributed by atoms with Crippen LogP contribution in [-0.2, 0) is 13.1 Å². The van der Waals surface area contributed by atoms with Crippen LogP contribution >= 0.6 is 15.9 Å². The number of pyridine rings is 1. The van der Waals surface area contributed by atoms with Crippen LogP contribution < -0.4 is 5.32 Å². The normalized spacial score (nSPS) is 10.8. The molecule has 90 valence electrons. The summed E-state index contributed by atoms with van der Waals surface area (Å²) in [5.41, 5.74) is 1.93. The van der Waals surface area contributed by atoms with Gasteiger partial charge < -0.3 is 9.73 Å². The van der Waals surface area contributed by atoms with Crippen molar-refractivity contribution in [3.63, 3.8) is 0 Å². The third kappa shape index (κ3) is 3.38. The Morgan fingerprint density at radius 1 is 1.24 bits per heavy atom. The van der Waals surface area contributed by atoms with Crippen LogP contribution in [0.25, 0.3) is 0 Å². The van der Waals surface area contributed by atoms with E-state index >= 15 is 0 Å². The van der Waals surface area contributed by atoms with Gasteiger partial charge in [-0.2, -0.15) is 0 Å². The molecule has 17 heavy (non-hydrogen) atoms. The van der Waals surface area contributed by atoms with E-state index in [0.29, 0.717) is 13.1 Å². The van der Waals surface area contributed by atoms with Crippen LogP contribution in [0.5, 0.6) is 0 Å². The second-order valence-electron chi connectivity index (χ2n) is 3.80. The first-order valence-corrected chi connectivity index (χ1v) is 6.19. The minimum Gasteiger partial charge on any atom is -0.444 e. The Morgan fingerprint density at radius 3 is 2.71 bits per heavy atom. The topological polar surface area (TPSA) is 51.0 Å². The summed E-state index contributed by atoms with van der Waals surface area (Å²) in [5.74, 6) is 1.59. The van der Waals surface area contributed by atoms with Crippen molar-refractivity contribution in [1.82, 2.24) is 15.3 Å². The van der Waals surface area contributed by atoms with Crippen molar-refractivity contribution in [2.45, 2.75) is 26.9 Å². The predicted molar refractivity (Wildman–Crippen MR) is 68.5 cm³/mol.